The van der Waals surface area contributed by atoms with E-state index < -0.39 is 11.8 Å². The predicted octanol–water partition coefficient (Wildman–Crippen LogP) is 4.61. The number of carbonyl (C=O) groups excluding carboxylic acids is 1. The van der Waals surface area contributed by atoms with Gasteiger partial charge in [-0.15, -0.1) is 0 Å². The molecule has 0 saturated heterocycles. The first kappa shape index (κ1) is 17.1. The van der Waals surface area contributed by atoms with E-state index in [2.05, 4.69) is 10.6 Å². The number of benzene rings is 2. The highest BCUT2D eigenvalue weighted by molar-refractivity contribution is 6.31. The third-order valence-corrected chi connectivity index (χ3v) is 4.06. The summed E-state index contributed by atoms with van der Waals surface area (Å²) in [6, 6.07) is 9.99. The number of carbonyl (C=O) groups is 1. The van der Waals surface area contributed by atoms with E-state index in [0.29, 0.717) is 34.0 Å². The van der Waals surface area contributed by atoms with Crippen LogP contribution in [0.3, 0.4) is 0 Å². The van der Waals surface area contributed by atoms with E-state index in [0.717, 1.165) is 12.0 Å². The van der Waals surface area contributed by atoms with Gasteiger partial charge in [0.25, 0.3) is 0 Å². The van der Waals surface area contributed by atoms with Crippen LogP contribution in [0.15, 0.2) is 45.6 Å². The first-order chi connectivity index (χ1) is 12.0. The van der Waals surface area contributed by atoms with Gasteiger partial charge in [0, 0.05) is 29.0 Å². The van der Waals surface area contributed by atoms with Crippen LogP contribution in [0.5, 0.6) is 0 Å². The van der Waals surface area contributed by atoms with Crippen molar-refractivity contribution < 1.29 is 9.21 Å². The van der Waals surface area contributed by atoms with Gasteiger partial charge in [0.05, 0.1) is 5.52 Å². The van der Waals surface area contributed by atoms with Gasteiger partial charge in [-0.3, -0.25) is 4.57 Å². The summed E-state index contributed by atoms with van der Waals surface area (Å²) in [6.45, 7) is 4.46. The second kappa shape index (κ2) is 7.03. The number of aromatic nitrogens is 1. The molecule has 130 valence electrons. The number of halogens is 1. The molecule has 0 unspecified atom stereocenters. The fourth-order valence-electron chi connectivity index (χ4n) is 2.59. The topological polar surface area (TPSA) is 76.3 Å². The normalized spacial score (nSPS) is 10.8. The summed E-state index contributed by atoms with van der Waals surface area (Å²) >= 11 is 5.95. The third-order valence-electron chi connectivity index (χ3n) is 3.82. The summed E-state index contributed by atoms with van der Waals surface area (Å²) in [5.41, 5.74) is 3.21. The highest BCUT2D eigenvalue weighted by Crippen LogP contribution is 2.22. The van der Waals surface area contributed by atoms with Crippen LogP contribution in [0.2, 0.25) is 5.02 Å². The molecule has 0 aliphatic rings. The number of rotatable bonds is 4. The van der Waals surface area contributed by atoms with Crippen molar-refractivity contribution in [2.45, 2.75) is 26.8 Å². The Morgan fingerprint density at radius 2 is 2.00 bits per heavy atom. The molecule has 2 aromatic carbocycles. The molecule has 2 N–H and O–H groups in total. The molecular formula is C18H18ClN3O3. The fraction of sp³-hybridized carbons (Fsp3) is 0.222. The van der Waals surface area contributed by atoms with Crippen LogP contribution in [-0.4, -0.2) is 10.6 Å². The molecule has 0 aliphatic carbocycles. The maximum absolute atomic E-state index is 12.2. The van der Waals surface area contributed by atoms with Gasteiger partial charge in [-0.25, -0.2) is 9.59 Å². The van der Waals surface area contributed by atoms with Crippen molar-refractivity contribution in [3.63, 3.8) is 0 Å². The van der Waals surface area contributed by atoms with E-state index >= 15 is 0 Å². The number of urea groups is 1. The van der Waals surface area contributed by atoms with Crippen LogP contribution in [0, 0.1) is 6.92 Å². The monoisotopic (exact) mass is 359 g/mol. The lowest BCUT2D eigenvalue weighted by Crippen LogP contribution is -2.19. The zero-order chi connectivity index (χ0) is 18.0. The van der Waals surface area contributed by atoms with Gasteiger partial charge >= 0.3 is 11.8 Å². The van der Waals surface area contributed by atoms with Crippen LogP contribution < -0.4 is 16.4 Å². The highest BCUT2D eigenvalue weighted by Gasteiger charge is 2.11. The molecule has 3 aromatic rings. The SMILES string of the molecule is CCCn1c(=O)oc2cc(NC(=O)Nc3cc(Cl)ccc3C)ccc21. The van der Waals surface area contributed by atoms with Crippen molar-refractivity contribution >= 4 is 40.1 Å². The highest BCUT2D eigenvalue weighted by atomic mass is 35.5. The number of hydrogen-bond donors (Lipinski definition) is 2. The Kier molecular flexibility index (Phi) is 4.81. The first-order valence-electron chi connectivity index (χ1n) is 7.95. The third kappa shape index (κ3) is 3.69. The Morgan fingerprint density at radius 1 is 1.20 bits per heavy atom. The van der Waals surface area contributed by atoms with Crippen LogP contribution >= 0.6 is 11.6 Å². The van der Waals surface area contributed by atoms with Crippen LogP contribution in [-0.2, 0) is 6.54 Å². The minimum absolute atomic E-state index is 0.395. The molecule has 1 heterocycles. The number of oxazole rings is 1. The van der Waals surface area contributed by atoms with Crippen molar-refractivity contribution in [1.29, 1.82) is 0 Å². The number of nitrogens with one attached hydrogen (secondary N) is 2. The maximum Gasteiger partial charge on any atom is 0.419 e. The molecule has 0 bridgehead atoms. The minimum Gasteiger partial charge on any atom is -0.408 e. The maximum atomic E-state index is 12.2. The summed E-state index contributed by atoms with van der Waals surface area (Å²) in [5.74, 6) is -0.395. The molecule has 6 nitrogen and oxygen atoms in total. The van der Waals surface area contributed by atoms with Crippen LogP contribution in [0.4, 0.5) is 16.2 Å². The second-order valence-electron chi connectivity index (χ2n) is 5.74. The van der Waals surface area contributed by atoms with Crippen LogP contribution in [0.1, 0.15) is 18.9 Å². The van der Waals surface area contributed by atoms with Gasteiger partial charge in [0.1, 0.15) is 0 Å². The molecule has 0 atom stereocenters. The lowest BCUT2D eigenvalue weighted by molar-refractivity contribution is 0.262. The van der Waals surface area contributed by atoms with Crippen LogP contribution in [0.25, 0.3) is 11.1 Å². The standard InChI is InChI=1S/C18H18ClN3O3/c1-3-8-22-15-7-6-13(10-16(15)25-18(22)24)20-17(23)21-14-9-12(19)5-4-11(14)2/h4-7,9-10H,3,8H2,1-2H3,(H2,20,21,23). The number of amides is 2. The Labute approximate surface area is 149 Å². The van der Waals surface area contributed by atoms with Gasteiger partial charge < -0.3 is 15.1 Å². The van der Waals surface area contributed by atoms with Gasteiger partial charge in [0.2, 0.25) is 0 Å². The van der Waals surface area contributed by atoms with Crippen molar-refractivity contribution in [2.75, 3.05) is 10.6 Å². The number of fused-ring (bicyclic) bond motifs is 1. The molecule has 1 aromatic heterocycles. The zero-order valence-corrected chi connectivity index (χ0v) is 14.7. The molecule has 0 radical (unpaired) electrons. The van der Waals surface area contributed by atoms with Crippen molar-refractivity contribution in [3.8, 4) is 0 Å². The van der Waals surface area contributed by atoms with Gasteiger partial charge in [0.15, 0.2) is 5.58 Å². The minimum atomic E-state index is -0.403. The molecule has 0 aliphatic heterocycles. The quantitative estimate of drug-likeness (QED) is 0.714. The van der Waals surface area contributed by atoms with E-state index in [9.17, 15) is 9.59 Å². The summed E-state index contributed by atoms with van der Waals surface area (Å²) in [7, 11) is 0. The largest absolute Gasteiger partial charge is 0.419 e. The van der Waals surface area contributed by atoms with E-state index in [1.54, 1.807) is 34.9 Å². The van der Waals surface area contributed by atoms with Crippen molar-refractivity contribution in [3.05, 3.63) is 57.5 Å². The summed E-state index contributed by atoms with van der Waals surface area (Å²) in [6.07, 6.45) is 0.829. The number of nitrogens with zero attached hydrogens (tertiary/aromatic N) is 1. The zero-order valence-electron chi connectivity index (χ0n) is 13.9. The summed E-state index contributed by atoms with van der Waals surface area (Å²) in [5, 5.41) is 6.02. The Balaban J connectivity index is 1.79. The molecular weight excluding hydrogens is 342 g/mol. The van der Waals surface area contributed by atoms with Gasteiger partial charge in [-0.05, 0) is 43.2 Å². The second-order valence-corrected chi connectivity index (χ2v) is 6.18. The number of hydrogen-bond acceptors (Lipinski definition) is 3. The number of aryl methyl sites for hydroxylation is 2. The molecule has 0 saturated carbocycles. The van der Waals surface area contributed by atoms with Crippen molar-refractivity contribution in [2.24, 2.45) is 0 Å². The Bertz CT molecular complexity index is 991. The van der Waals surface area contributed by atoms with Crippen molar-refractivity contribution in [1.82, 2.24) is 4.57 Å². The van der Waals surface area contributed by atoms with Gasteiger partial charge in [-0.2, -0.15) is 0 Å². The van der Waals surface area contributed by atoms with E-state index in [4.69, 9.17) is 16.0 Å². The molecule has 0 fully saturated rings. The average Bonchev–Trinajstić information content (AvgIpc) is 2.86. The lowest BCUT2D eigenvalue weighted by Gasteiger charge is -2.10. The van der Waals surface area contributed by atoms with E-state index in [1.165, 1.54) is 0 Å². The predicted molar refractivity (Wildman–Crippen MR) is 99.6 cm³/mol. The summed E-state index contributed by atoms with van der Waals surface area (Å²) < 4.78 is 6.82. The molecule has 2 amide bonds. The van der Waals surface area contributed by atoms with E-state index in [1.807, 2.05) is 19.9 Å². The Morgan fingerprint density at radius 3 is 2.76 bits per heavy atom. The smallest absolute Gasteiger partial charge is 0.408 e. The molecule has 3 rings (SSSR count). The first-order valence-corrected chi connectivity index (χ1v) is 8.33. The number of anilines is 2. The molecule has 7 heteroatoms. The molecule has 0 spiro atoms. The fourth-order valence-corrected chi connectivity index (χ4v) is 2.77. The summed E-state index contributed by atoms with van der Waals surface area (Å²) in [4.78, 5) is 24.0. The molecule has 25 heavy (non-hydrogen) atoms. The van der Waals surface area contributed by atoms with Gasteiger partial charge in [-0.1, -0.05) is 24.6 Å². The van der Waals surface area contributed by atoms with E-state index in [-0.39, 0.29) is 0 Å². The Hall–Kier alpha value is -2.73. The lowest BCUT2D eigenvalue weighted by atomic mass is 10.2. The average molecular weight is 360 g/mol.